The monoisotopic (exact) mass is 819 g/mol. The molecule has 314 valence electrons. The van der Waals surface area contributed by atoms with Crippen molar-refractivity contribution in [2.75, 3.05) is 57.3 Å². The third kappa shape index (κ3) is 7.93. The highest BCUT2D eigenvalue weighted by Gasteiger charge is 2.45. The summed E-state index contributed by atoms with van der Waals surface area (Å²) in [6.45, 7) is 7.68. The van der Waals surface area contributed by atoms with Crippen LogP contribution in [-0.2, 0) is 9.59 Å². The first-order valence-corrected chi connectivity index (χ1v) is 21.1. The quantitative estimate of drug-likeness (QED) is 0.0684. The van der Waals surface area contributed by atoms with Crippen LogP contribution in [0.2, 0.25) is 0 Å². The molecule has 4 aromatic rings. The van der Waals surface area contributed by atoms with E-state index < -0.39 is 35.5 Å². The number of nitrogens with two attached hydrogens (primary N) is 2. The van der Waals surface area contributed by atoms with Gasteiger partial charge in [0.2, 0.25) is 11.8 Å². The highest BCUT2D eigenvalue weighted by molar-refractivity contribution is 6.23. The SMILES string of the molecule is N/N=C(\N)c1ccc2noc(-c3ccc(OC4CCN(CC5CCN(CC6CCN(c7cc8c(cc7F)C(=O)N(C7CCC(=O)NC7=O)C8=O)CC6)CC5)CC4)cc3)c2c1. The van der Waals surface area contributed by atoms with Gasteiger partial charge in [-0.15, -0.1) is 0 Å². The molecule has 15 nitrogen and oxygen atoms in total. The Labute approximate surface area is 346 Å². The molecule has 3 aromatic carbocycles. The van der Waals surface area contributed by atoms with E-state index in [1.54, 1.807) is 0 Å². The number of ether oxygens (including phenoxy) is 1. The van der Waals surface area contributed by atoms with Gasteiger partial charge >= 0.3 is 0 Å². The maximum absolute atomic E-state index is 15.5. The van der Waals surface area contributed by atoms with Gasteiger partial charge in [-0.1, -0.05) is 5.16 Å². The predicted octanol–water partition coefficient (Wildman–Crippen LogP) is 4.09. The first kappa shape index (κ1) is 39.6. The zero-order valence-corrected chi connectivity index (χ0v) is 33.5. The average molecular weight is 820 g/mol. The van der Waals surface area contributed by atoms with Gasteiger partial charge in [0.25, 0.3) is 11.8 Å². The van der Waals surface area contributed by atoms with Crippen molar-refractivity contribution in [3.63, 3.8) is 0 Å². The van der Waals surface area contributed by atoms with E-state index in [1.165, 1.54) is 18.9 Å². The number of amides is 4. The number of amidine groups is 1. The molecule has 9 rings (SSSR count). The Morgan fingerprint density at radius 1 is 0.817 bits per heavy atom. The standard InChI is InChI=1S/C44H50FN9O6/c45-35-22-32-33(44(58)54(43(32)57)37-7-8-39(55)48-42(37)56)23-38(35)53-19-11-27(12-20-53)25-51-15-9-26(10-16-51)24-52-17-13-31(14-18-52)59-30-4-1-28(2-5-30)40-34-21-29(41(46)49-47)3-6-36(34)50-60-40/h1-6,21-23,26-27,31,37H,7-20,24-25,47H2,(H2,46,49)(H,48,55,56). The lowest BCUT2D eigenvalue weighted by Crippen LogP contribution is -2.54. The summed E-state index contributed by atoms with van der Waals surface area (Å²) in [5, 5.41) is 10.8. The number of benzene rings is 3. The maximum Gasteiger partial charge on any atom is 0.262 e. The van der Waals surface area contributed by atoms with Gasteiger partial charge in [0.15, 0.2) is 5.76 Å². The van der Waals surface area contributed by atoms with Crippen LogP contribution >= 0.6 is 0 Å². The van der Waals surface area contributed by atoms with Crippen molar-refractivity contribution in [2.24, 2.45) is 28.5 Å². The summed E-state index contributed by atoms with van der Waals surface area (Å²) < 4.78 is 27.5. The molecule has 0 saturated carbocycles. The lowest BCUT2D eigenvalue weighted by Gasteiger charge is -2.40. The maximum atomic E-state index is 15.5. The number of halogens is 1. The number of fused-ring (bicyclic) bond motifs is 2. The van der Waals surface area contributed by atoms with Gasteiger partial charge in [0.1, 0.15) is 35.1 Å². The first-order valence-electron chi connectivity index (χ1n) is 21.1. The highest BCUT2D eigenvalue weighted by Crippen LogP contribution is 2.35. The van der Waals surface area contributed by atoms with Crippen LogP contribution in [-0.4, -0.2) is 114 Å². The molecular weight excluding hydrogens is 770 g/mol. The van der Waals surface area contributed by atoms with E-state index >= 15 is 4.39 Å². The second kappa shape index (κ2) is 16.6. The zero-order chi connectivity index (χ0) is 41.5. The van der Waals surface area contributed by atoms with E-state index in [2.05, 4.69) is 25.4 Å². The molecule has 4 saturated heterocycles. The summed E-state index contributed by atoms with van der Waals surface area (Å²) in [5.41, 5.74) is 8.61. The molecular formula is C44H50FN9O6. The largest absolute Gasteiger partial charge is 0.490 e. The fourth-order valence-corrected chi connectivity index (χ4v) is 9.63. The molecule has 0 radical (unpaired) electrons. The van der Waals surface area contributed by atoms with Crippen molar-refractivity contribution < 1.29 is 32.8 Å². The van der Waals surface area contributed by atoms with Crippen molar-refractivity contribution in [1.82, 2.24) is 25.2 Å². The van der Waals surface area contributed by atoms with E-state index in [4.69, 9.17) is 20.8 Å². The van der Waals surface area contributed by atoms with Gasteiger partial charge in [0.05, 0.1) is 22.2 Å². The third-order valence-corrected chi connectivity index (χ3v) is 13.1. The van der Waals surface area contributed by atoms with Crippen LogP contribution in [0.4, 0.5) is 10.1 Å². The number of likely N-dealkylation sites (tertiary alicyclic amines) is 2. The number of anilines is 1. The summed E-state index contributed by atoms with van der Waals surface area (Å²) in [5.74, 6) is 5.29. The molecule has 4 amide bonds. The summed E-state index contributed by atoms with van der Waals surface area (Å²) in [6, 6.07) is 15.0. The molecule has 5 N–H and O–H groups in total. The molecule has 1 aromatic heterocycles. The smallest absolute Gasteiger partial charge is 0.262 e. The lowest BCUT2D eigenvalue weighted by atomic mass is 9.91. The van der Waals surface area contributed by atoms with Crippen LogP contribution in [0.5, 0.6) is 5.75 Å². The summed E-state index contributed by atoms with van der Waals surface area (Å²) >= 11 is 0. The molecule has 1 unspecified atom stereocenters. The van der Waals surface area contributed by atoms with E-state index in [0.29, 0.717) is 41.9 Å². The minimum absolute atomic E-state index is 0.0312. The molecule has 5 aliphatic rings. The van der Waals surface area contributed by atoms with Gasteiger partial charge in [-0.3, -0.25) is 29.4 Å². The van der Waals surface area contributed by atoms with E-state index in [9.17, 15) is 19.2 Å². The Kier molecular flexibility index (Phi) is 11.0. The van der Waals surface area contributed by atoms with Crippen LogP contribution in [0.3, 0.4) is 0 Å². The van der Waals surface area contributed by atoms with Crippen LogP contribution in [0.25, 0.3) is 22.2 Å². The number of nitrogens with zero attached hydrogens (tertiary/aromatic N) is 6. The molecule has 0 bridgehead atoms. The number of hydrazone groups is 1. The number of aromatic nitrogens is 1. The molecule has 60 heavy (non-hydrogen) atoms. The Morgan fingerprint density at radius 2 is 1.45 bits per heavy atom. The molecule has 4 fully saturated rings. The Morgan fingerprint density at radius 3 is 2.10 bits per heavy atom. The Bertz CT molecular complexity index is 2330. The summed E-state index contributed by atoms with van der Waals surface area (Å²) in [6.07, 6.45) is 6.43. The number of nitrogens with one attached hydrogen (secondary N) is 1. The molecule has 5 aliphatic heterocycles. The van der Waals surface area contributed by atoms with Crippen LogP contribution < -0.4 is 26.5 Å². The average Bonchev–Trinajstić information content (AvgIpc) is 3.79. The van der Waals surface area contributed by atoms with Crippen molar-refractivity contribution in [3.05, 3.63) is 77.1 Å². The molecule has 1 atom stereocenters. The number of imide groups is 2. The Hall–Kier alpha value is -5.87. The van der Waals surface area contributed by atoms with E-state index in [1.807, 2.05) is 47.4 Å². The van der Waals surface area contributed by atoms with E-state index in [0.717, 1.165) is 98.1 Å². The highest BCUT2D eigenvalue weighted by atomic mass is 19.1. The topological polar surface area (TPSA) is 193 Å². The predicted molar refractivity (Wildman–Crippen MR) is 222 cm³/mol. The lowest BCUT2D eigenvalue weighted by molar-refractivity contribution is -0.136. The number of piperidine rings is 4. The van der Waals surface area contributed by atoms with Gasteiger partial charge in [0, 0.05) is 56.8 Å². The van der Waals surface area contributed by atoms with Crippen molar-refractivity contribution >= 4 is 46.1 Å². The van der Waals surface area contributed by atoms with Crippen LogP contribution in [0, 0.1) is 17.7 Å². The van der Waals surface area contributed by atoms with Gasteiger partial charge in [-0.05, 0) is 124 Å². The van der Waals surface area contributed by atoms with Crippen LogP contribution in [0.1, 0.15) is 77.6 Å². The fraction of sp³-hybridized carbons (Fsp3) is 0.455. The van der Waals surface area contributed by atoms with Crippen molar-refractivity contribution in [2.45, 2.75) is 63.5 Å². The van der Waals surface area contributed by atoms with Gasteiger partial charge < -0.3 is 35.5 Å². The third-order valence-electron chi connectivity index (χ3n) is 13.1. The van der Waals surface area contributed by atoms with Crippen LogP contribution in [0.15, 0.2) is 64.2 Å². The normalized spacial score (nSPS) is 21.9. The molecule has 0 spiro atoms. The van der Waals surface area contributed by atoms with Gasteiger partial charge in [-0.25, -0.2) is 4.39 Å². The second-order valence-electron chi connectivity index (χ2n) is 16.9. The number of carbonyl (C=O) groups excluding carboxylic acids is 4. The number of carbonyl (C=O) groups is 4. The molecule has 16 heteroatoms. The first-order chi connectivity index (χ1) is 29.1. The molecule has 0 aliphatic carbocycles. The van der Waals surface area contributed by atoms with Gasteiger partial charge in [-0.2, -0.15) is 5.10 Å². The summed E-state index contributed by atoms with van der Waals surface area (Å²) in [4.78, 5) is 58.5. The summed E-state index contributed by atoms with van der Waals surface area (Å²) in [7, 11) is 0. The number of hydrogen-bond donors (Lipinski definition) is 3. The number of hydrogen-bond acceptors (Lipinski definition) is 12. The van der Waals surface area contributed by atoms with Crippen molar-refractivity contribution in [1.29, 1.82) is 0 Å². The van der Waals surface area contributed by atoms with Crippen molar-refractivity contribution in [3.8, 4) is 17.1 Å². The second-order valence-corrected chi connectivity index (χ2v) is 16.9. The minimum Gasteiger partial charge on any atom is -0.490 e. The minimum atomic E-state index is -1.08. The fourth-order valence-electron chi connectivity index (χ4n) is 9.63. The number of rotatable bonds is 10. The van der Waals surface area contributed by atoms with E-state index in [-0.39, 0.29) is 35.9 Å². The Balaban J connectivity index is 0.697. The zero-order valence-electron chi connectivity index (χ0n) is 33.5. The molecule has 6 heterocycles.